The van der Waals surface area contributed by atoms with Crippen molar-refractivity contribution in [3.63, 3.8) is 0 Å². The zero-order chi connectivity index (χ0) is 13.4. The lowest BCUT2D eigenvalue weighted by Crippen LogP contribution is -2.34. The van der Waals surface area contributed by atoms with Crippen LogP contribution >= 0.6 is 11.6 Å². The Balaban J connectivity index is 2.99. The van der Waals surface area contributed by atoms with Gasteiger partial charge in [-0.2, -0.15) is 0 Å². The van der Waals surface area contributed by atoms with Gasteiger partial charge in [0.2, 0.25) is 0 Å². The maximum absolute atomic E-state index is 5.71. The molecule has 0 spiro atoms. The molecule has 1 aromatic rings. The average molecular weight is 289 g/mol. The summed E-state index contributed by atoms with van der Waals surface area (Å²) >= 11 is 5.71. The molecule has 0 saturated heterocycles. The van der Waals surface area contributed by atoms with Gasteiger partial charge in [0.05, 0.1) is 0 Å². The second kappa shape index (κ2) is 7.91. The van der Waals surface area contributed by atoms with Crippen molar-refractivity contribution in [2.45, 2.75) is 25.2 Å². The lowest BCUT2D eigenvalue weighted by atomic mass is 10.0. The van der Waals surface area contributed by atoms with Crippen LogP contribution < -0.4 is 0 Å². The van der Waals surface area contributed by atoms with Crippen molar-refractivity contribution in [3.8, 4) is 0 Å². The summed E-state index contributed by atoms with van der Waals surface area (Å²) in [5.74, 6) is -0.372. The van der Waals surface area contributed by atoms with Crippen molar-refractivity contribution < 1.29 is 13.9 Å². The van der Waals surface area contributed by atoms with Crippen LogP contribution in [0.3, 0.4) is 0 Å². The van der Waals surface area contributed by atoms with Crippen LogP contribution in [0.2, 0.25) is 0 Å². The zero-order valence-electron chi connectivity index (χ0n) is 11.2. The lowest BCUT2D eigenvalue weighted by molar-refractivity contribution is -0.334. The molecule has 0 fully saturated rings. The maximum Gasteiger partial charge on any atom is 0.301 e. The molecule has 0 bridgehead atoms. The number of aryl methyl sites for hydroxylation is 1. The van der Waals surface area contributed by atoms with Crippen molar-refractivity contribution >= 4 is 22.1 Å². The number of hydrogen-bond donors (Lipinski definition) is 0. The molecular weight excluding hydrogens is 268 g/mol. The Morgan fingerprint density at radius 2 is 1.83 bits per heavy atom. The van der Waals surface area contributed by atoms with E-state index in [0.717, 1.165) is 24.8 Å². The highest BCUT2D eigenvalue weighted by molar-refractivity contribution is 6.17. The van der Waals surface area contributed by atoms with Crippen molar-refractivity contribution in [1.82, 2.24) is 0 Å². The number of halogens is 1. The van der Waals surface area contributed by atoms with Crippen LogP contribution in [0.4, 0.5) is 0 Å². The van der Waals surface area contributed by atoms with Gasteiger partial charge in [-0.15, -0.1) is 11.6 Å². The summed E-state index contributed by atoms with van der Waals surface area (Å²) < 4.78 is 16.4. The summed E-state index contributed by atoms with van der Waals surface area (Å²) in [6.07, 6.45) is 3.00. The molecule has 0 heterocycles. The normalized spacial score (nSPS) is 11.9. The highest BCUT2D eigenvalue weighted by Gasteiger charge is 2.33. The number of alkyl halides is 1. The van der Waals surface area contributed by atoms with Crippen LogP contribution in [-0.4, -0.2) is 30.6 Å². The van der Waals surface area contributed by atoms with Gasteiger partial charge in [0.25, 0.3) is 0 Å². The number of ether oxygens (including phenoxy) is 2. The van der Waals surface area contributed by atoms with Crippen LogP contribution in [-0.2, 0) is 26.3 Å². The fourth-order valence-electron chi connectivity index (χ4n) is 2.03. The number of unbranched alkanes of at least 4 members (excludes halogenated alkanes) is 1. The third kappa shape index (κ3) is 3.55. The van der Waals surface area contributed by atoms with Gasteiger partial charge in [0.1, 0.15) is 0 Å². The van der Waals surface area contributed by atoms with E-state index in [9.17, 15) is 0 Å². The molecule has 0 radical (unpaired) electrons. The molecule has 102 valence electrons. The topological polar surface area (TPSA) is 27.7 Å². The first kappa shape index (κ1) is 15.7. The molecule has 3 nitrogen and oxygen atoms in total. The van der Waals surface area contributed by atoms with E-state index in [2.05, 4.69) is 6.07 Å². The van der Waals surface area contributed by atoms with Crippen LogP contribution in [0.25, 0.3) is 0 Å². The summed E-state index contributed by atoms with van der Waals surface area (Å²) in [4.78, 5) is 0. The first-order chi connectivity index (χ1) is 8.74. The minimum atomic E-state index is -1.07. The van der Waals surface area contributed by atoms with E-state index in [4.69, 9.17) is 25.5 Å². The highest BCUT2D eigenvalue weighted by Crippen LogP contribution is 2.30. The SMILES string of the molecule is COC(OC)(O[SiH3])c1ccccc1CCCCCl. The van der Waals surface area contributed by atoms with Crippen molar-refractivity contribution in [1.29, 1.82) is 0 Å². The molecule has 5 heteroatoms. The van der Waals surface area contributed by atoms with E-state index in [-0.39, 0.29) is 0 Å². The van der Waals surface area contributed by atoms with Gasteiger partial charge in [-0.25, -0.2) is 0 Å². The molecule has 18 heavy (non-hydrogen) atoms. The smallest absolute Gasteiger partial charge is 0.301 e. The van der Waals surface area contributed by atoms with Gasteiger partial charge in [0.15, 0.2) is 10.5 Å². The maximum atomic E-state index is 5.71. The number of rotatable bonds is 8. The molecule has 0 aliphatic rings. The average Bonchev–Trinajstić information content (AvgIpc) is 2.43. The monoisotopic (exact) mass is 288 g/mol. The molecule has 1 aromatic carbocycles. The molecule has 0 N–H and O–H groups in total. The van der Waals surface area contributed by atoms with Gasteiger partial charge in [-0.05, 0) is 24.8 Å². The van der Waals surface area contributed by atoms with E-state index in [1.165, 1.54) is 5.56 Å². The lowest BCUT2D eigenvalue weighted by Gasteiger charge is -2.31. The Bertz CT molecular complexity index is 348. The summed E-state index contributed by atoms with van der Waals surface area (Å²) in [7, 11) is 3.72. The molecular formula is C13H21ClO3Si. The summed E-state index contributed by atoms with van der Waals surface area (Å²) in [6, 6.07) is 8.05. The molecule has 0 aliphatic heterocycles. The second-order valence-corrected chi connectivity index (χ2v) is 4.76. The van der Waals surface area contributed by atoms with E-state index < -0.39 is 5.97 Å². The van der Waals surface area contributed by atoms with E-state index in [1.807, 2.05) is 18.2 Å². The van der Waals surface area contributed by atoms with Gasteiger partial charge < -0.3 is 13.9 Å². The Hall–Kier alpha value is -0.393. The van der Waals surface area contributed by atoms with Crippen LogP contribution in [0.5, 0.6) is 0 Å². The summed E-state index contributed by atoms with van der Waals surface area (Å²) in [6.45, 7) is 0. The first-order valence-electron chi connectivity index (χ1n) is 6.04. The van der Waals surface area contributed by atoms with Gasteiger partial charge in [-0.1, -0.05) is 24.3 Å². The molecule has 0 saturated carbocycles. The third-order valence-electron chi connectivity index (χ3n) is 2.98. The van der Waals surface area contributed by atoms with E-state index in [1.54, 1.807) is 14.2 Å². The third-order valence-corrected chi connectivity index (χ3v) is 3.79. The van der Waals surface area contributed by atoms with Crippen molar-refractivity contribution in [2.75, 3.05) is 20.1 Å². The van der Waals surface area contributed by atoms with Crippen LogP contribution in [0.15, 0.2) is 24.3 Å². The summed E-state index contributed by atoms with van der Waals surface area (Å²) in [5.41, 5.74) is 2.13. The predicted octanol–water partition coefficient (Wildman–Crippen LogP) is 1.95. The fourth-order valence-corrected chi connectivity index (χ4v) is 2.77. The summed E-state index contributed by atoms with van der Waals surface area (Å²) in [5, 5.41) is 0. The van der Waals surface area contributed by atoms with Crippen LogP contribution in [0.1, 0.15) is 24.0 Å². The number of benzene rings is 1. The minimum absolute atomic E-state index is 0.533. The second-order valence-electron chi connectivity index (χ2n) is 3.97. The molecule has 0 unspecified atom stereocenters. The zero-order valence-corrected chi connectivity index (χ0v) is 14.0. The van der Waals surface area contributed by atoms with Gasteiger partial charge >= 0.3 is 5.97 Å². The molecule has 1 rings (SSSR count). The largest absolute Gasteiger partial charge is 0.377 e. The molecule has 0 atom stereocenters. The molecule has 0 aliphatic carbocycles. The van der Waals surface area contributed by atoms with E-state index in [0.29, 0.717) is 16.4 Å². The fraction of sp³-hybridized carbons (Fsp3) is 0.538. The van der Waals surface area contributed by atoms with Crippen LogP contribution in [0, 0.1) is 0 Å². The van der Waals surface area contributed by atoms with Gasteiger partial charge in [-0.3, -0.25) is 0 Å². The van der Waals surface area contributed by atoms with Crippen molar-refractivity contribution in [3.05, 3.63) is 35.4 Å². The standard InChI is InChI=1S/C13H21ClO3Si/c1-15-13(16-2,17-18)12-9-4-3-7-11(12)8-5-6-10-14/h3-4,7,9H,5-6,8,10H2,1-2,18H3. The predicted molar refractivity (Wildman–Crippen MR) is 76.8 cm³/mol. The Kier molecular flexibility index (Phi) is 6.89. The molecule has 0 amide bonds. The quantitative estimate of drug-likeness (QED) is 0.317. The Morgan fingerprint density at radius 3 is 2.39 bits per heavy atom. The molecule has 0 aromatic heterocycles. The van der Waals surface area contributed by atoms with Crippen molar-refractivity contribution in [2.24, 2.45) is 0 Å². The first-order valence-corrected chi connectivity index (χ1v) is 7.39. The Morgan fingerprint density at radius 1 is 1.17 bits per heavy atom. The van der Waals surface area contributed by atoms with E-state index >= 15 is 0 Å². The number of hydrogen-bond acceptors (Lipinski definition) is 3. The Labute approximate surface area is 117 Å². The minimum Gasteiger partial charge on any atom is -0.377 e. The highest BCUT2D eigenvalue weighted by atomic mass is 35.5. The number of methoxy groups -OCH3 is 2. The van der Waals surface area contributed by atoms with Gasteiger partial charge in [0, 0.05) is 25.7 Å².